The molecular weight excluding hydrogens is 250 g/mol. The summed E-state index contributed by atoms with van der Waals surface area (Å²) < 4.78 is 0. The number of aromatic nitrogens is 2. The number of aryl methyl sites for hydroxylation is 1. The molecule has 2 rings (SSSR count). The number of anilines is 3. The van der Waals surface area contributed by atoms with E-state index in [2.05, 4.69) is 53.6 Å². The fourth-order valence-corrected chi connectivity index (χ4v) is 1.90. The molecule has 4 N–H and O–H groups in total. The summed E-state index contributed by atoms with van der Waals surface area (Å²) in [5.41, 5.74) is 5.75. The molecule has 0 bridgehead atoms. The number of benzene rings is 1. The van der Waals surface area contributed by atoms with Crippen molar-refractivity contribution >= 4 is 17.5 Å². The molecule has 1 aromatic heterocycles. The zero-order chi connectivity index (χ0) is 14.8. The summed E-state index contributed by atoms with van der Waals surface area (Å²) in [5.74, 6) is 6.46. The van der Waals surface area contributed by atoms with E-state index in [1.165, 1.54) is 5.56 Å². The zero-order valence-electron chi connectivity index (χ0n) is 12.4. The van der Waals surface area contributed by atoms with Crippen LogP contribution in [0.2, 0.25) is 0 Å². The lowest BCUT2D eigenvalue weighted by atomic mass is 9.87. The lowest BCUT2D eigenvalue weighted by Gasteiger charge is -2.19. The van der Waals surface area contributed by atoms with E-state index in [1.807, 2.05) is 25.1 Å². The van der Waals surface area contributed by atoms with E-state index in [0.717, 1.165) is 11.4 Å². The number of nitrogens with zero attached hydrogens (tertiary/aromatic N) is 2. The van der Waals surface area contributed by atoms with E-state index in [4.69, 9.17) is 5.84 Å². The van der Waals surface area contributed by atoms with Crippen molar-refractivity contribution in [3.8, 4) is 0 Å². The van der Waals surface area contributed by atoms with Crippen molar-refractivity contribution in [1.29, 1.82) is 0 Å². The van der Waals surface area contributed by atoms with Gasteiger partial charge in [0.25, 0.3) is 0 Å². The molecule has 0 radical (unpaired) electrons. The van der Waals surface area contributed by atoms with Crippen molar-refractivity contribution in [3.05, 3.63) is 41.6 Å². The molecule has 0 saturated heterocycles. The Morgan fingerprint density at radius 3 is 2.25 bits per heavy atom. The summed E-state index contributed by atoms with van der Waals surface area (Å²) in [4.78, 5) is 8.41. The van der Waals surface area contributed by atoms with Gasteiger partial charge in [0.05, 0.1) is 0 Å². The van der Waals surface area contributed by atoms with Gasteiger partial charge in [-0.2, -0.15) is 4.98 Å². The molecule has 2 aromatic rings. The predicted octanol–water partition coefficient (Wildman–Crippen LogP) is 3.11. The number of nitrogens with two attached hydrogens (primary N) is 1. The number of hydrazine groups is 1. The molecule has 0 amide bonds. The molecule has 106 valence electrons. The first-order valence-electron chi connectivity index (χ1n) is 6.58. The van der Waals surface area contributed by atoms with Crippen LogP contribution in [0.3, 0.4) is 0 Å². The highest BCUT2D eigenvalue weighted by Crippen LogP contribution is 2.24. The summed E-state index contributed by atoms with van der Waals surface area (Å²) in [6.45, 7) is 8.49. The molecule has 0 spiro atoms. The average Bonchev–Trinajstić information content (AvgIpc) is 2.37. The van der Waals surface area contributed by atoms with Crippen LogP contribution in [0.1, 0.15) is 32.0 Å². The molecule has 0 atom stereocenters. The minimum atomic E-state index is 0.153. The minimum absolute atomic E-state index is 0.153. The maximum atomic E-state index is 5.35. The Labute approximate surface area is 119 Å². The first-order valence-corrected chi connectivity index (χ1v) is 6.58. The van der Waals surface area contributed by atoms with Gasteiger partial charge in [0.2, 0.25) is 5.95 Å². The lowest BCUT2D eigenvalue weighted by molar-refractivity contribution is 0.590. The fraction of sp³-hybridized carbons (Fsp3) is 0.333. The van der Waals surface area contributed by atoms with Crippen LogP contribution < -0.4 is 16.6 Å². The highest BCUT2D eigenvalue weighted by molar-refractivity contribution is 5.58. The number of hydrogen-bond donors (Lipinski definition) is 3. The summed E-state index contributed by atoms with van der Waals surface area (Å²) >= 11 is 0. The second kappa shape index (κ2) is 5.46. The average molecular weight is 271 g/mol. The second-order valence-electron chi connectivity index (χ2n) is 5.81. The number of hydrogen-bond acceptors (Lipinski definition) is 5. The fourth-order valence-electron chi connectivity index (χ4n) is 1.90. The van der Waals surface area contributed by atoms with Gasteiger partial charge in [-0.15, -0.1) is 0 Å². The SMILES string of the molecule is Cc1cc(Nc2ccc(C(C)(C)C)cc2)nc(NN)n1. The van der Waals surface area contributed by atoms with Crippen molar-refractivity contribution in [3.63, 3.8) is 0 Å². The van der Waals surface area contributed by atoms with Gasteiger partial charge in [0, 0.05) is 17.4 Å². The molecule has 0 aliphatic heterocycles. The molecule has 0 unspecified atom stereocenters. The standard InChI is InChI=1S/C15H21N5/c1-10-9-13(19-14(17-10)20-16)18-12-7-5-11(6-8-12)15(2,3)4/h5-9H,16H2,1-4H3,(H2,17,18,19,20). The topological polar surface area (TPSA) is 75.9 Å². The van der Waals surface area contributed by atoms with E-state index < -0.39 is 0 Å². The highest BCUT2D eigenvalue weighted by atomic mass is 15.3. The van der Waals surface area contributed by atoms with Crippen molar-refractivity contribution in [2.45, 2.75) is 33.1 Å². The Morgan fingerprint density at radius 2 is 1.70 bits per heavy atom. The van der Waals surface area contributed by atoms with E-state index in [1.54, 1.807) is 0 Å². The zero-order valence-corrected chi connectivity index (χ0v) is 12.4. The molecule has 5 heteroatoms. The predicted molar refractivity (Wildman–Crippen MR) is 83.0 cm³/mol. The third-order valence-electron chi connectivity index (χ3n) is 3.01. The minimum Gasteiger partial charge on any atom is -0.340 e. The quantitative estimate of drug-likeness (QED) is 0.590. The Kier molecular flexibility index (Phi) is 3.90. The summed E-state index contributed by atoms with van der Waals surface area (Å²) in [6.07, 6.45) is 0. The summed E-state index contributed by atoms with van der Waals surface area (Å²) in [5, 5.41) is 3.25. The Bertz CT molecular complexity index is 584. The smallest absolute Gasteiger partial charge is 0.239 e. The van der Waals surface area contributed by atoms with Crippen LogP contribution in [-0.4, -0.2) is 9.97 Å². The van der Waals surface area contributed by atoms with E-state index in [0.29, 0.717) is 11.8 Å². The van der Waals surface area contributed by atoms with Gasteiger partial charge in [-0.1, -0.05) is 32.9 Å². The third kappa shape index (κ3) is 3.45. The maximum absolute atomic E-state index is 5.35. The van der Waals surface area contributed by atoms with Gasteiger partial charge in [-0.3, -0.25) is 5.43 Å². The van der Waals surface area contributed by atoms with Crippen LogP contribution >= 0.6 is 0 Å². The Hall–Kier alpha value is -2.14. The molecule has 0 fully saturated rings. The van der Waals surface area contributed by atoms with Crippen molar-refractivity contribution in [2.75, 3.05) is 10.7 Å². The van der Waals surface area contributed by atoms with Crippen LogP contribution in [0.15, 0.2) is 30.3 Å². The Morgan fingerprint density at radius 1 is 1.05 bits per heavy atom. The Balaban J connectivity index is 2.20. The highest BCUT2D eigenvalue weighted by Gasteiger charge is 2.12. The van der Waals surface area contributed by atoms with E-state index >= 15 is 0 Å². The van der Waals surface area contributed by atoms with Gasteiger partial charge >= 0.3 is 0 Å². The number of nitrogens with one attached hydrogen (secondary N) is 2. The monoisotopic (exact) mass is 271 g/mol. The van der Waals surface area contributed by atoms with Crippen LogP contribution in [0, 0.1) is 6.92 Å². The maximum Gasteiger partial charge on any atom is 0.239 e. The third-order valence-corrected chi connectivity index (χ3v) is 3.01. The van der Waals surface area contributed by atoms with Gasteiger partial charge < -0.3 is 5.32 Å². The molecule has 20 heavy (non-hydrogen) atoms. The molecule has 1 heterocycles. The van der Waals surface area contributed by atoms with Crippen molar-refractivity contribution in [2.24, 2.45) is 5.84 Å². The summed E-state index contributed by atoms with van der Waals surface area (Å²) in [7, 11) is 0. The second-order valence-corrected chi connectivity index (χ2v) is 5.81. The number of rotatable bonds is 3. The number of nitrogen functional groups attached to an aromatic ring is 1. The normalized spacial score (nSPS) is 11.2. The molecular formula is C15H21N5. The van der Waals surface area contributed by atoms with Crippen LogP contribution in [0.4, 0.5) is 17.5 Å². The largest absolute Gasteiger partial charge is 0.340 e. The van der Waals surface area contributed by atoms with Gasteiger partial charge in [-0.25, -0.2) is 10.8 Å². The molecule has 5 nitrogen and oxygen atoms in total. The molecule has 0 aliphatic rings. The van der Waals surface area contributed by atoms with Gasteiger partial charge in [-0.05, 0) is 30.0 Å². The van der Waals surface area contributed by atoms with Crippen LogP contribution in [0.25, 0.3) is 0 Å². The van der Waals surface area contributed by atoms with Crippen LogP contribution in [-0.2, 0) is 5.41 Å². The van der Waals surface area contributed by atoms with Gasteiger partial charge in [0.1, 0.15) is 5.82 Å². The van der Waals surface area contributed by atoms with E-state index in [-0.39, 0.29) is 5.41 Å². The molecule has 0 aliphatic carbocycles. The first-order chi connectivity index (χ1) is 9.38. The molecule has 0 saturated carbocycles. The van der Waals surface area contributed by atoms with Crippen molar-refractivity contribution < 1.29 is 0 Å². The molecule has 1 aromatic carbocycles. The van der Waals surface area contributed by atoms with Crippen LogP contribution in [0.5, 0.6) is 0 Å². The van der Waals surface area contributed by atoms with Gasteiger partial charge in [0.15, 0.2) is 0 Å². The van der Waals surface area contributed by atoms with Crippen molar-refractivity contribution in [1.82, 2.24) is 9.97 Å². The first kappa shape index (κ1) is 14.3. The van der Waals surface area contributed by atoms with E-state index in [9.17, 15) is 0 Å². The summed E-state index contributed by atoms with van der Waals surface area (Å²) in [6, 6.07) is 10.2. The lowest BCUT2D eigenvalue weighted by Crippen LogP contribution is -2.12.